The molecule has 124 valence electrons. The first-order chi connectivity index (χ1) is 12.7. The predicted octanol–water partition coefficient (Wildman–Crippen LogP) is 7.07. The Labute approximate surface area is 153 Å². The van der Waals surface area contributed by atoms with Crippen molar-refractivity contribution < 1.29 is 0 Å². The van der Waals surface area contributed by atoms with Gasteiger partial charge in [0, 0.05) is 0 Å². The average molecular weight is 332 g/mol. The monoisotopic (exact) mass is 332 g/mol. The Morgan fingerprint density at radius 1 is 0.654 bits per heavy atom. The number of benzene rings is 4. The normalized spacial score (nSPS) is 15.5. The standard InChI is InChI=1S/C26H20/c1-15-10-18-7-5-9-20-22-13-16(2)12-21-19-8-4-3-6-17(19)14-24(26(21)22)23(11-15)25(18)20/h3-9,11-12,14H,10,13H2,1-2H3. The quantitative estimate of drug-likeness (QED) is 0.302. The predicted molar refractivity (Wildman–Crippen MR) is 114 cm³/mol. The zero-order valence-electron chi connectivity index (χ0n) is 15.2. The summed E-state index contributed by atoms with van der Waals surface area (Å²) >= 11 is 0. The summed E-state index contributed by atoms with van der Waals surface area (Å²) in [6.07, 6.45) is 6.98. The van der Waals surface area contributed by atoms with Crippen LogP contribution >= 0.6 is 0 Å². The lowest BCUT2D eigenvalue weighted by Crippen LogP contribution is -2.05. The molecule has 0 aromatic heterocycles. The highest BCUT2D eigenvalue weighted by atomic mass is 14.3. The molecule has 0 bridgehead atoms. The first-order valence-electron chi connectivity index (χ1n) is 9.47. The van der Waals surface area contributed by atoms with Crippen LogP contribution in [0.4, 0.5) is 0 Å². The van der Waals surface area contributed by atoms with E-state index in [2.05, 4.69) is 74.5 Å². The number of rotatable bonds is 0. The third-order valence-corrected chi connectivity index (χ3v) is 6.13. The van der Waals surface area contributed by atoms with Crippen LogP contribution in [0.3, 0.4) is 0 Å². The molecule has 0 nitrogen and oxygen atoms in total. The summed E-state index contributed by atoms with van der Waals surface area (Å²) in [4.78, 5) is 0. The van der Waals surface area contributed by atoms with Gasteiger partial charge < -0.3 is 0 Å². The van der Waals surface area contributed by atoms with Crippen molar-refractivity contribution in [1.29, 1.82) is 0 Å². The van der Waals surface area contributed by atoms with E-state index in [1.165, 1.54) is 65.7 Å². The second kappa shape index (κ2) is 4.86. The van der Waals surface area contributed by atoms with Crippen LogP contribution in [-0.2, 0) is 12.8 Å². The highest BCUT2D eigenvalue weighted by molar-refractivity contribution is 6.19. The molecule has 2 aliphatic carbocycles. The molecule has 2 aliphatic rings. The summed E-state index contributed by atoms with van der Waals surface area (Å²) < 4.78 is 0. The van der Waals surface area contributed by atoms with Gasteiger partial charge in [-0.2, -0.15) is 0 Å². The van der Waals surface area contributed by atoms with E-state index in [1.807, 2.05) is 0 Å². The fourth-order valence-corrected chi connectivity index (χ4v) is 5.16. The van der Waals surface area contributed by atoms with Gasteiger partial charge in [-0.15, -0.1) is 0 Å². The van der Waals surface area contributed by atoms with Crippen molar-refractivity contribution in [2.75, 3.05) is 0 Å². The third kappa shape index (κ3) is 1.74. The molecule has 0 aliphatic heterocycles. The van der Waals surface area contributed by atoms with Crippen molar-refractivity contribution in [3.05, 3.63) is 81.9 Å². The van der Waals surface area contributed by atoms with Crippen molar-refractivity contribution in [3.8, 4) is 0 Å². The molecule has 0 saturated heterocycles. The molecule has 0 saturated carbocycles. The summed E-state index contributed by atoms with van der Waals surface area (Å²) in [6.45, 7) is 4.54. The number of fused-ring (bicyclic) bond motifs is 4. The van der Waals surface area contributed by atoms with Crippen LogP contribution < -0.4 is 0 Å². The smallest absolute Gasteiger partial charge is 0.00540 e. The summed E-state index contributed by atoms with van der Waals surface area (Å²) in [5, 5.41) is 8.56. The number of hydrogen-bond acceptors (Lipinski definition) is 0. The Hall–Kier alpha value is -2.86. The summed E-state index contributed by atoms with van der Waals surface area (Å²) in [6, 6.07) is 18.2. The van der Waals surface area contributed by atoms with Gasteiger partial charge >= 0.3 is 0 Å². The van der Waals surface area contributed by atoms with Gasteiger partial charge in [-0.05, 0) is 87.3 Å². The van der Waals surface area contributed by atoms with Gasteiger partial charge in [-0.3, -0.25) is 0 Å². The van der Waals surface area contributed by atoms with Crippen LogP contribution in [0, 0.1) is 0 Å². The van der Waals surface area contributed by atoms with Crippen LogP contribution in [0.25, 0.3) is 44.5 Å². The molecule has 0 fully saturated rings. The van der Waals surface area contributed by atoms with Gasteiger partial charge in [0.1, 0.15) is 0 Å². The highest BCUT2D eigenvalue weighted by Gasteiger charge is 2.23. The SMILES string of the molecule is CC1=Cc2c3cc4ccccc4c4c3c(c3cccc(c23)C1)CC(C)=C4. The zero-order valence-corrected chi connectivity index (χ0v) is 15.2. The van der Waals surface area contributed by atoms with E-state index in [1.54, 1.807) is 0 Å². The molecule has 0 heteroatoms. The van der Waals surface area contributed by atoms with E-state index in [0.717, 1.165) is 12.8 Å². The molecule has 26 heavy (non-hydrogen) atoms. The summed E-state index contributed by atoms with van der Waals surface area (Å²) in [7, 11) is 0. The number of allylic oxidation sites excluding steroid dienone is 2. The summed E-state index contributed by atoms with van der Waals surface area (Å²) in [5.41, 5.74) is 8.76. The topological polar surface area (TPSA) is 0 Å². The van der Waals surface area contributed by atoms with E-state index in [9.17, 15) is 0 Å². The Balaban J connectivity index is 1.98. The largest absolute Gasteiger partial charge is 0.0683 e. The molecule has 0 amide bonds. The molecule has 0 atom stereocenters. The van der Waals surface area contributed by atoms with E-state index >= 15 is 0 Å². The second-order valence-electron chi connectivity index (χ2n) is 8.00. The fourth-order valence-electron chi connectivity index (χ4n) is 5.16. The van der Waals surface area contributed by atoms with Crippen molar-refractivity contribution >= 4 is 44.5 Å². The van der Waals surface area contributed by atoms with Crippen molar-refractivity contribution in [2.24, 2.45) is 0 Å². The van der Waals surface area contributed by atoms with Crippen LogP contribution in [0.15, 0.2) is 59.7 Å². The van der Waals surface area contributed by atoms with E-state index in [4.69, 9.17) is 0 Å². The van der Waals surface area contributed by atoms with Gasteiger partial charge in [0.2, 0.25) is 0 Å². The van der Waals surface area contributed by atoms with Gasteiger partial charge in [0.05, 0.1) is 0 Å². The molecule has 0 radical (unpaired) electrons. The maximum absolute atomic E-state index is 2.43. The lowest BCUT2D eigenvalue weighted by atomic mass is 9.78. The molecule has 0 unspecified atom stereocenters. The minimum atomic E-state index is 1.06. The first-order valence-corrected chi connectivity index (χ1v) is 9.47. The Morgan fingerprint density at radius 2 is 1.38 bits per heavy atom. The van der Waals surface area contributed by atoms with Crippen molar-refractivity contribution in [3.63, 3.8) is 0 Å². The molecule has 4 aromatic rings. The van der Waals surface area contributed by atoms with Crippen molar-refractivity contribution in [1.82, 2.24) is 0 Å². The Kier molecular flexibility index (Phi) is 2.68. The lowest BCUT2D eigenvalue weighted by Gasteiger charge is -2.25. The number of hydrogen-bond donors (Lipinski definition) is 0. The first kappa shape index (κ1) is 14.3. The minimum Gasteiger partial charge on any atom is -0.0683 e. The van der Waals surface area contributed by atoms with E-state index < -0.39 is 0 Å². The van der Waals surface area contributed by atoms with Crippen molar-refractivity contribution in [2.45, 2.75) is 26.7 Å². The highest BCUT2D eigenvalue weighted by Crippen LogP contribution is 2.45. The Morgan fingerprint density at radius 3 is 2.27 bits per heavy atom. The van der Waals surface area contributed by atoms with Gasteiger partial charge in [0.15, 0.2) is 0 Å². The van der Waals surface area contributed by atoms with Gasteiger partial charge in [-0.25, -0.2) is 0 Å². The molecular formula is C26H20. The minimum absolute atomic E-state index is 1.06. The summed E-state index contributed by atoms with van der Waals surface area (Å²) in [5.74, 6) is 0. The van der Waals surface area contributed by atoms with Crippen LogP contribution in [0.1, 0.15) is 36.1 Å². The van der Waals surface area contributed by atoms with E-state index in [-0.39, 0.29) is 0 Å². The molecule has 4 aromatic carbocycles. The fraction of sp³-hybridized carbons (Fsp3) is 0.154. The van der Waals surface area contributed by atoms with Crippen LogP contribution in [0.5, 0.6) is 0 Å². The molecule has 0 spiro atoms. The Bertz CT molecular complexity index is 1330. The van der Waals surface area contributed by atoms with Gasteiger partial charge in [-0.1, -0.05) is 65.8 Å². The second-order valence-corrected chi connectivity index (χ2v) is 8.00. The zero-order chi connectivity index (χ0) is 17.4. The van der Waals surface area contributed by atoms with Gasteiger partial charge in [0.25, 0.3) is 0 Å². The lowest BCUT2D eigenvalue weighted by molar-refractivity contribution is 1.15. The molecular weight excluding hydrogens is 312 g/mol. The molecule has 0 heterocycles. The third-order valence-electron chi connectivity index (χ3n) is 6.13. The van der Waals surface area contributed by atoms with E-state index in [0.29, 0.717) is 0 Å². The average Bonchev–Trinajstić information content (AvgIpc) is 2.65. The van der Waals surface area contributed by atoms with Crippen LogP contribution in [-0.4, -0.2) is 0 Å². The maximum atomic E-state index is 2.43. The van der Waals surface area contributed by atoms with Crippen LogP contribution in [0.2, 0.25) is 0 Å². The maximum Gasteiger partial charge on any atom is -0.00540 e. The molecule has 6 rings (SSSR count). The molecule has 0 N–H and O–H groups in total.